The lowest BCUT2D eigenvalue weighted by Gasteiger charge is -2.21. The van der Waals surface area contributed by atoms with Crippen LogP contribution in [0.4, 0.5) is 0 Å². The first-order chi connectivity index (χ1) is 10.1. The van der Waals surface area contributed by atoms with Crippen LogP contribution in [0.5, 0.6) is 11.5 Å². The molecule has 0 amide bonds. The molecule has 0 radical (unpaired) electrons. The molecule has 0 saturated carbocycles. The number of phenols is 2. The smallest absolute Gasteiger partial charge is 0.176 e. The van der Waals surface area contributed by atoms with Crippen molar-refractivity contribution in [1.29, 1.82) is 0 Å². The summed E-state index contributed by atoms with van der Waals surface area (Å²) in [5.41, 5.74) is 2.76. The summed E-state index contributed by atoms with van der Waals surface area (Å²) in [6, 6.07) is 9.24. The van der Waals surface area contributed by atoms with Gasteiger partial charge in [-0.25, -0.2) is 0 Å². The highest BCUT2D eigenvalue weighted by Crippen LogP contribution is 2.43. The summed E-state index contributed by atoms with van der Waals surface area (Å²) in [7, 11) is 0. The Morgan fingerprint density at radius 2 is 1.82 bits per heavy atom. The Kier molecular flexibility index (Phi) is 5.61. The van der Waals surface area contributed by atoms with Gasteiger partial charge in [-0.1, -0.05) is 41.4 Å². The van der Waals surface area contributed by atoms with Crippen LogP contribution in [0.1, 0.15) is 22.6 Å². The van der Waals surface area contributed by atoms with E-state index in [4.69, 9.17) is 23.2 Å². The predicted molar refractivity (Wildman–Crippen MR) is 95.0 cm³/mol. The zero-order chi connectivity index (χ0) is 15.0. The molecule has 1 aliphatic heterocycles. The normalized spacial score (nSPS) is 17.3. The molecule has 3 N–H and O–H groups in total. The number of benzene rings is 2. The second kappa shape index (κ2) is 7.09. The summed E-state index contributed by atoms with van der Waals surface area (Å²) in [6.07, 6.45) is 0.697. The van der Waals surface area contributed by atoms with Crippen LogP contribution in [0.2, 0.25) is 10.0 Å². The van der Waals surface area contributed by atoms with Crippen molar-refractivity contribution >= 4 is 40.2 Å². The van der Waals surface area contributed by atoms with Crippen molar-refractivity contribution in [3.63, 3.8) is 0 Å². The maximum Gasteiger partial charge on any atom is 0.176 e. The molecule has 0 saturated heterocycles. The van der Waals surface area contributed by atoms with Gasteiger partial charge in [0, 0.05) is 17.5 Å². The lowest BCUT2D eigenvalue weighted by atomic mass is 9.87. The monoisotopic (exact) mass is 403 g/mol. The largest absolute Gasteiger partial charge is 0.504 e. The van der Waals surface area contributed by atoms with Crippen LogP contribution in [0.25, 0.3) is 0 Å². The van der Waals surface area contributed by atoms with Gasteiger partial charge in [0.1, 0.15) is 0 Å². The zero-order valence-corrected chi connectivity index (χ0v) is 14.9. The third-order valence-electron chi connectivity index (χ3n) is 3.91. The van der Waals surface area contributed by atoms with Gasteiger partial charge >= 0.3 is 0 Å². The van der Waals surface area contributed by atoms with Gasteiger partial charge in [-0.3, -0.25) is 0 Å². The molecule has 22 heavy (non-hydrogen) atoms. The Hall–Kier alpha value is -0.940. The summed E-state index contributed by atoms with van der Waals surface area (Å²) >= 11 is 12.5. The van der Waals surface area contributed by atoms with E-state index in [1.165, 1.54) is 0 Å². The minimum absolute atomic E-state index is 0. The molecule has 0 bridgehead atoms. The average Bonchev–Trinajstić information content (AvgIpc) is 2.68. The van der Waals surface area contributed by atoms with Crippen molar-refractivity contribution in [2.45, 2.75) is 12.3 Å². The molecule has 1 unspecified atom stereocenters. The molecule has 0 spiro atoms. The van der Waals surface area contributed by atoms with Gasteiger partial charge in [0.2, 0.25) is 0 Å². The van der Waals surface area contributed by atoms with E-state index in [2.05, 4.69) is 5.32 Å². The van der Waals surface area contributed by atoms with Crippen molar-refractivity contribution < 1.29 is 10.2 Å². The number of nitrogens with one attached hydrogen (secondary N) is 1. The van der Waals surface area contributed by atoms with E-state index >= 15 is 0 Å². The van der Waals surface area contributed by atoms with Gasteiger partial charge in [-0.2, -0.15) is 0 Å². The number of phenolic OH excluding ortho intramolecular Hbond substituents is 2. The summed E-state index contributed by atoms with van der Waals surface area (Å²) in [6.45, 7) is 1.47. The lowest BCUT2D eigenvalue weighted by molar-refractivity contribution is 0.402. The van der Waals surface area contributed by atoms with Crippen LogP contribution in [-0.2, 0) is 6.42 Å². The van der Waals surface area contributed by atoms with Crippen molar-refractivity contribution in [3.05, 3.63) is 57.1 Å². The first-order valence-electron chi connectivity index (χ1n) is 6.78. The quantitative estimate of drug-likeness (QED) is 0.622. The molecule has 6 heteroatoms. The number of hydrogen-bond donors (Lipinski definition) is 3. The first-order valence-corrected chi connectivity index (χ1v) is 7.53. The molecule has 2 aromatic rings. The fourth-order valence-electron chi connectivity index (χ4n) is 2.85. The minimum Gasteiger partial charge on any atom is -0.504 e. The second-order valence-electron chi connectivity index (χ2n) is 5.15. The third-order valence-corrected chi connectivity index (χ3v) is 4.66. The fraction of sp³-hybridized carbons (Fsp3) is 0.250. The molecule has 3 rings (SSSR count). The van der Waals surface area contributed by atoms with Crippen LogP contribution >= 0.6 is 40.2 Å². The molecule has 3 nitrogen and oxygen atoms in total. The van der Waals surface area contributed by atoms with E-state index in [-0.39, 0.29) is 39.4 Å². The molecule has 0 aliphatic carbocycles. The Morgan fingerprint density at radius 1 is 1.09 bits per heavy atom. The maximum absolute atomic E-state index is 9.89. The topological polar surface area (TPSA) is 52.5 Å². The van der Waals surface area contributed by atoms with Crippen LogP contribution in [0.3, 0.4) is 0 Å². The molecular weight excluding hydrogens is 389 g/mol. The van der Waals surface area contributed by atoms with Crippen molar-refractivity contribution in [2.75, 3.05) is 13.1 Å². The standard InChI is InChI=1S/C16H15Cl2NO2.BrH/c17-13-4-2-1-3-9(13)12-8-19-6-5-10-11(12)7-14(20)16(21)15(10)18;/h1-4,7,12,19-21H,5-6,8H2;1H. The number of hydrogen-bond acceptors (Lipinski definition) is 3. The second-order valence-corrected chi connectivity index (χ2v) is 5.94. The first kappa shape index (κ1) is 17.4. The van der Waals surface area contributed by atoms with E-state index in [9.17, 15) is 10.2 Å². The van der Waals surface area contributed by atoms with Crippen LogP contribution < -0.4 is 5.32 Å². The summed E-state index contributed by atoms with van der Waals surface area (Å²) in [5.74, 6) is -0.465. The maximum atomic E-state index is 9.89. The number of rotatable bonds is 1. The van der Waals surface area contributed by atoms with Gasteiger partial charge in [-0.15, -0.1) is 17.0 Å². The van der Waals surface area contributed by atoms with E-state index < -0.39 is 0 Å². The molecule has 0 aromatic heterocycles. The summed E-state index contributed by atoms with van der Waals surface area (Å²) in [5, 5.41) is 24.0. The molecular formula is C16H16BrCl2NO2. The molecule has 1 atom stereocenters. The van der Waals surface area contributed by atoms with E-state index in [1.54, 1.807) is 6.07 Å². The van der Waals surface area contributed by atoms with Crippen molar-refractivity contribution in [1.82, 2.24) is 5.32 Å². The van der Waals surface area contributed by atoms with Gasteiger partial charge in [0.15, 0.2) is 11.5 Å². The van der Waals surface area contributed by atoms with Gasteiger partial charge in [0.25, 0.3) is 0 Å². The summed E-state index contributed by atoms with van der Waals surface area (Å²) in [4.78, 5) is 0. The lowest BCUT2D eigenvalue weighted by Crippen LogP contribution is -2.21. The molecule has 2 aromatic carbocycles. The Labute approximate surface area is 149 Å². The molecule has 118 valence electrons. The van der Waals surface area contributed by atoms with Gasteiger partial charge in [0.05, 0.1) is 5.02 Å². The van der Waals surface area contributed by atoms with Gasteiger partial charge in [-0.05, 0) is 41.8 Å². The highest BCUT2D eigenvalue weighted by molar-refractivity contribution is 8.93. The Morgan fingerprint density at radius 3 is 2.55 bits per heavy atom. The number of halogens is 3. The minimum atomic E-state index is -0.254. The number of aromatic hydroxyl groups is 2. The van der Waals surface area contributed by atoms with Crippen molar-refractivity contribution in [2.24, 2.45) is 0 Å². The third kappa shape index (κ3) is 3.06. The number of fused-ring (bicyclic) bond motifs is 1. The van der Waals surface area contributed by atoms with E-state index in [1.807, 2.05) is 24.3 Å². The predicted octanol–water partition coefficient (Wildman–Crippen LogP) is 4.26. The van der Waals surface area contributed by atoms with E-state index in [0.717, 1.165) is 23.2 Å². The van der Waals surface area contributed by atoms with E-state index in [0.29, 0.717) is 18.0 Å². The van der Waals surface area contributed by atoms with Crippen LogP contribution in [-0.4, -0.2) is 23.3 Å². The highest BCUT2D eigenvalue weighted by Gasteiger charge is 2.26. The van der Waals surface area contributed by atoms with Gasteiger partial charge < -0.3 is 15.5 Å². The Bertz CT molecular complexity index is 694. The molecule has 1 heterocycles. The Balaban J connectivity index is 0.00000176. The van der Waals surface area contributed by atoms with Crippen LogP contribution in [0.15, 0.2) is 30.3 Å². The SMILES string of the molecule is Br.Oc1cc2c(c(Cl)c1O)CCNCC2c1ccccc1Cl. The van der Waals surface area contributed by atoms with Crippen LogP contribution in [0, 0.1) is 0 Å². The molecule has 0 fully saturated rings. The van der Waals surface area contributed by atoms with Crippen molar-refractivity contribution in [3.8, 4) is 11.5 Å². The fourth-order valence-corrected chi connectivity index (χ4v) is 3.42. The molecule has 1 aliphatic rings. The average molecular weight is 405 g/mol. The zero-order valence-electron chi connectivity index (χ0n) is 11.6. The highest BCUT2D eigenvalue weighted by atomic mass is 79.9. The summed E-state index contributed by atoms with van der Waals surface area (Å²) < 4.78 is 0.